The van der Waals surface area contributed by atoms with Gasteiger partial charge in [-0.3, -0.25) is 0 Å². The number of carbonyl (C=O) groups is 1. The Labute approximate surface area is 85.5 Å². The maximum Gasteiger partial charge on any atom is 0.331 e. The molecule has 0 aliphatic rings. The van der Waals surface area contributed by atoms with Crippen LogP contribution in [0.2, 0.25) is 0 Å². The fraction of sp³-hybridized carbons (Fsp3) is 0.125. The highest BCUT2D eigenvalue weighted by molar-refractivity contribution is 5.81. The number of nitriles is 2. The van der Waals surface area contributed by atoms with Crippen LogP contribution in [0.25, 0.3) is 0 Å². The highest BCUT2D eigenvalue weighted by Crippen LogP contribution is 2.21. The van der Waals surface area contributed by atoms with Crippen molar-refractivity contribution >= 4 is 11.8 Å². The summed E-state index contributed by atoms with van der Waals surface area (Å²) in [5.41, 5.74) is 13.2. The van der Waals surface area contributed by atoms with Crippen molar-refractivity contribution in [3.63, 3.8) is 0 Å². The standard InChI is InChI=1S/C8H8N6O/c1-4-5(2-9)6(3-10)7(11)14(4)13-8(12)15/h11H2,1H3,(H3,12,13,15). The third kappa shape index (κ3) is 1.54. The summed E-state index contributed by atoms with van der Waals surface area (Å²) in [5.74, 6) is -0.00894. The lowest BCUT2D eigenvalue weighted by atomic mass is 10.2. The maximum atomic E-state index is 10.6. The number of hydrogen-bond acceptors (Lipinski definition) is 4. The number of nitrogens with one attached hydrogen (secondary N) is 1. The summed E-state index contributed by atoms with van der Waals surface area (Å²) in [7, 11) is 0. The SMILES string of the molecule is Cc1c(C#N)c(C#N)c(N)n1NC(N)=O. The van der Waals surface area contributed by atoms with E-state index < -0.39 is 6.03 Å². The fourth-order valence-corrected chi connectivity index (χ4v) is 1.22. The van der Waals surface area contributed by atoms with Crippen LogP contribution in [0, 0.1) is 29.6 Å². The molecule has 2 amide bonds. The summed E-state index contributed by atoms with van der Waals surface area (Å²) in [4.78, 5) is 10.6. The predicted octanol–water partition coefficient (Wildman–Crippen LogP) is -0.256. The first kappa shape index (κ1) is 10.4. The summed E-state index contributed by atoms with van der Waals surface area (Å²) >= 11 is 0. The van der Waals surface area contributed by atoms with Gasteiger partial charge in [0.05, 0.1) is 11.3 Å². The first-order valence-corrected chi connectivity index (χ1v) is 3.90. The van der Waals surface area contributed by atoms with Crippen LogP contribution in [-0.4, -0.2) is 10.7 Å². The minimum Gasteiger partial charge on any atom is -0.383 e. The average Bonchev–Trinajstić information content (AvgIpc) is 2.40. The number of primary amides is 1. The zero-order chi connectivity index (χ0) is 11.6. The lowest BCUT2D eigenvalue weighted by molar-refractivity contribution is 0.257. The molecule has 0 saturated heterocycles. The van der Waals surface area contributed by atoms with E-state index in [1.165, 1.54) is 0 Å². The second-order valence-electron chi connectivity index (χ2n) is 2.76. The van der Waals surface area contributed by atoms with Gasteiger partial charge in [-0.15, -0.1) is 0 Å². The van der Waals surface area contributed by atoms with Crippen LogP contribution in [0.1, 0.15) is 16.8 Å². The first-order valence-electron chi connectivity index (χ1n) is 3.90. The Morgan fingerprint density at radius 2 is 1.93 bits per heavy atom. The van der Waals surface area contributed by atoms with Crippen LogP contribution in [-0.2, 0) is 0 Å². The average molecular weight is 204 g/mol. The highest BCUT2D eigenvalue weighted by Gasteiger charge is 2.18. The van der Waals surface area contributed by atoms with E-state index in [4.69, 9.17) is 22.0 Å². The molecule has 15 heavy (non-hydrogen) atoms. The van der Waals surface area contributed by atoms with Gasteiger partial charge in [0.2, 0.25) is 0 Å². The molecular weight excluding hydrogens is 196 g/mol. The van der Waals surface area contributed by atoms with Gasteiger partial charge < -0.3 is 11.5 Å². The van der Waals surface area contributed by atoms with Gasteiger partial charge in [-0.2, -0.15) is 10.5 Å². The fourth-order valence-electron chi connectivity index (χ4n) is 1.22. The number of nitrogen functional groups attached to an aromatic ring is 1. The second kappa shape index (κ2) is 3.60. The molecule has 1 aromatic rings. The zero-order valence-corrected chi connectivity index (χ0v) is 7.90. The predicted molar refractivity (Wildman–Crippen MR) is 52.0 cm³/mol. The van der Waals surface area contributed by atoms with Crippen molar-refractivity contribution in [1.29, 1.82) is 10.5 Å². The maximum absolute atomic E-state index is 10.6. The molecule has 0 aliphatic heterocycles. The Kier molecular flexibility index (Phi) is 2.50. The van der Waals surface area contributed by atoms with Crippen LogP contribution < -0.4 is 16.9 Å². The molecule has 7 nitrogen and oxygen atoms in total. The zero-order valence-electron chi connectivity index (χ0n) is 7.90. The van der Waals surface area contributed by atoms with Crippen molar-refractivity contribution in [1.82, 2.24) is 4.68 Å². The summed E-state index contributed by atoms with van der Waals surface area (Å²) in [5, 5.41) is 17.6. The molecule has 0 fully saturated rings. The molecule has 0 saturated carbocycles. The Hall–Kier alpha value is -2.67. The number of carbonyl (C=O) groups excluding carboxylic acids is 1. The molecule has 0 spiro atoms. The van der Waals surface area contributed by atoms with Crippen molar-refractivity contribution < 1.29 is 4.79 Å². The number of aromatic nitrogens is 1. The van der Waals surface area contributed by atoms with Crippen molar-refractivity contribution in [2.75, 3.05) is 11.2 Å². The normalized spacial score (nSPS) is 9.00. The van der Waals surface area contributed by atoms with Crippen molar-refractivity contribution in [3.8, 4) is 12.1 Å². The Morgan fingerprint density at radius 1 is 1.40 bits per heavy atom. The van der Waals surface area contributed by atoms with Gasteiger partial charge in [0.15, 0.2) is 0 Å². The largest absolute Gasteiger partial charge is 0.383 e. The van der Waals surface area contributed by atoms with E-state index in [0.717, 1.165) is 4.68 Å². The third-order valence-electron chi connectivity index (χ3n) is 1.89. The van der Waals surface area contributed by atoms with Gasteiger partial charge in [0.25, 0.3) is 0 Å². The van der Waals surface area contributed by atoms with E-state index in [9.17, 15) is 4.79 Å². The lowest BCUT2D eigenvalue weighted by Crippen LogP contribution is -2.29. The van der Waals surface area contributed by atoms with Gasteiger partial charge in [0, 0.05) is 0 Å². The summed E-state index contributed by atoms with van der Waals surface area (Å²) in [6, 6.07) is 2.80. The Morgan fingerprint density at radius 3 is 2.27 bits per heavy atom. The van der Waals surface area contributed by atoms with Gasteiger partial charge in [-0.05, 0) is 6.92 Å². The number of anilines is 1. The van der Waals surface area contributed by atoms with Crippen LogP contribution in [0.5, 0.6) is 0 Å². The Bertz CT molecular complexity index is 463. The molecule has 0 radical (unpaired) electrons. The van der Waals surface area contributed by atoms with E-state index in [2.05, 4.69) is 5.43 Å². The van der Waals surface area contributed by atoms with E-state index >= 15 is 0 Å². The molecule has 0 aliphatic carbocycles. The van der Waals surface area contributed by atoms with Gasteiger partial charge in [-0.25, -0.2) is 14.9 Å². The smallest absolute Gasteiger partial charge is 0.331 e. The topological polar surface area (TPSA) is 134 Å². The Balaban J connectivity index is 3.44. The van der Waals surface area contributed by atoms with E-state index in [1.807, 2.05) is 6.07 Å². The van der Waals surface area contributed by atoms with Gasteiger partial charge in [-0.1, -0.05) is 0 Å². The van der Waals surface area contributed by atoms with Crippen LogP contribution >= 0.6 is 0 Å². The van der Waals surface area contributed by atoms with Crippen molar-refractivity contribution in [2.24, 2.45) is 5.73 Å². The number of amides is 2. The quantitative estimate of drug-likeness (QED) is 0.581. The molecule has 7 heteroatoms. The van der Waals surface area contributed by atoms with E-state index in [0.29, 0.717) is 5.69 Å². The van der Waals surface area contributed by atoms with Crippen LogP contribution in [0.4, 0.5) is 10.6 Å². The minimum atomic E-state index is -0.825. The number of urea groups is 1. The molecule has 5 N–H and O–H groups in total. The summed E-state index contributed by atoms with van der Waals surface area (Å²) in [6.45, 7) is 1.55. The van der Waals surface area contributed by atoms with Crippen LogP contribution in [0.3, 0.4) is 0 Å². The number of rotatable bonds is 1. The molecule has 1 aromatic heterocycles. The van der Waals surface area contributed by atoms with Crippen LogP contribution in [0.15, 0.2) is 0 Å². The lowest BCUT2D eigenvalue weighted by Gasteiger charge is -2.07. The molecule has 0 unspecified atom stereocenters. The molecule has 1 heterocycles. The molecule has 0 aromatic carbocycles. The highest BCUT2D eigenvalue weighted by atomic mass is 16.2. The number of nitrogens with two attached hydrogens (primary N) is 2. The molecule has 0 bridgehead atoms. The monoisotopic (exact) mass is 204 g/mol. The molecular formula is C8H8N6O. The molecule has 76 valence electrons. The van der Waals surface area contributed by atoms with Crippen molar-refractivity contribution in [2.45, 2.75) is 6.92 Å². The number of nitrogens with zero attached hydrogens (tertiary/aromatic N) is 3. The van der Waals surface area contributed by atoms with E-state index in [1.54, 1.807) is 13.0 Å². The van der Waals surface area contributed by atoms with Gasteiger partial charge in [0.1, 0.15) is 23.5 Å². The third-order valence-corrected chi connectivity index (χ3v) is 1.89. The van der Waals surface area contributed by atoms with E-state index in [-0.39, 0.29) is 16.9 Å². The van der Waals surface area contributed by atoms with Gasteiger partial charge >= 0.3 is 6.03 Å². The number of hydrogen-bond donors (Lipinski definition) is 3. The second-order valence-corrected chi connectivity index (χ2v) is 2.76. The first-order chi connectivity index (χ1) is 7.02. The molecule has 0 atom stereocenters. The summed E-state index contributed by atoms with van der Waals surface area (Å²) in [6.07, 6.45) is 0. The molecule has 1 rings (SSSR count). The minimum absolute atomic E-state index is 0.00894. The van der Waals surface area contributed by atoms with Crippen molar-refractivity contribution in [3.05, 3.63) is 16.8 Å². The summed E-state index contributed by atoms with van der Waals surface area (Å²) < 4.78 is 1.11.